The van der Waals surface area contributed by atoms with E-state index in [2.05, 4.69) is 66.7 Å². The van der Waals surface area contributed by atoms with Crippen LogP contribution in [0.1, 0.15) is 22.5 Å². The Morgan fingerprint density at radius 3 is 2.52 bits per heavy atom. The van der Waals surface area contributed by atoms with Gasteiger partial charge in [-0.05, 0) is 30.2 Å². The molecule has 3 aromatic rings. The van der Waals surface area contributed by atoms with Crippen LogP contribution in [0.5, 0.6) is 0 Å². The van der Waals surface area contributed by atoms with Gasteiger partial charge in [0.2, 0.25) is 0 Å². The largest absolute Gasteiger partial charge is 0.308 e. The van der Waals surface area contributed by atoms with E-state index in [0.29, 0.717) is 0 Å². The molecule has 0 radical (unpaired) electrons. The van der Waals surface area contributed by atoms with E-state index in [1.807, 2.05) is 11.7 Å². The normalized spacial score (nSPS) is 11.2. The van der Waals surface area contributed by atoms with Crippen LogP contribution >= 0.6 is 0 Å². The molecule has 2 aromatic carbocycles. The number of hydrogen-bond acceptors (Lipinski definition) is 2. The average Bonchev–Trinajstić information content (AvgIpc) is 2.73. The van der Waals surface area contributed by atoms with E-state index in [0.717, 1.165) is 18.8 Å². The molecule has 1 aromatic heterocycles. The molecule has 0 amide bonds. The fraction of sp³-hybridized carbons (Fsp3) is 0.278. The topological polar surface area (TPSA) is 29.9 Å². The summed E-state index contributed by atoms with van der Waals surface area (Å²) in [6.07, 6.45) is 0. The van der Waals surface area contributed by atoms with Crippen LogP contribution in [-0.2, 0) is 20.1 Å². The maximum absolute atomic E-state index is 4.46. The minimum absolute atomic E-state index is 0.856. The molecule has 3 rings (SSSR count). The zero-order valence-electron chi connectivity index (χ0n) is 12.9. The van der Waals surface area contributed by atoms with E-state index in [4.69, 9.17) is 0 Å². The number of rotatable bonds is 4. The van der Waals surface area contributed by atoms with E-state index < -0.39 is 0 Å². The molecule has 0 aliphatic rings. The number of aromatic nitrogens is 2. The molecule has 1 heterocycles. The second-order valence-electron chi connectivity index (χ2n) is 5.51. The van der Waals surface area contributed by atoms with Crippen molar-refractivity contribution in [1.29, 1.82) is 0 Å². The Morgan fingerprint density at radius 1 is 1.00 bits per heavy atom. The van der Waals surface area contributed by atoms with Crippen LogP contribution in [0.3, 0.4) is 0 Å². The minimum atomic E-state index is 0.856. The number of hydrogen-bond donors (Lipinski definition) is 1. The lowest BCUT2D eigenvalue weighted by atomic mass is 10.0. The van der Waals surface area contributed by atoms with Crippen LogP contribution < -0.4 is 5.32 Å². The Hall–Kier alpha value is -2.13. The second kappa shape index (κ2) is 5.70. The Balaban J connectivity index is 1.75. The number of benzene rings is 2. The van der Waals surface area contributed by atoms with Crippen LogP contribution in [0.4, 0.5) is 0 Å². The first-order valence-electron chi connectivity index (χ1n) is 7.33. The van der Waals surface area contributed by atoms with E-state index in [1.165, 1.54) is 27.6 Å². The van der Waals surface area contributed by atoms with Crippen LogP contribution in [-0.4, -0.2) is 9.78 Å². The summed E-state index contributed by atoms with van der Waals surface area (Å²) in [7, 11) is 2.00. The van der Waals surface area contributed by atoms with Crippen molar-refractivity contribution in [2.45, 2.75) is 26.9 Å². The summed E-state index contributed by atoms with van der Waals surface area (Å²) in [5, 5.41) is 10.6. The fourth-order valence-electron chi connectivity index (χ4n) is 2.84. The fourth-order valence-corrected chi connectivity index (χ4v) is 2.84. The predicted molar refractivity (Wildman–Crippen MR) is 87.2 cm³/mol. The van der Waals surface area contributed by atoms with Gasteiger partial charge in [0.05, 0.1) is 5.69 Å². The first kappa shape index (κ1) is 13.8. The van der Waals surface area contributed by atoms with Crippen LogP contribution in [0.2, 0.25) is 0 Å². The van der Waals surface area contributed by atoms with Crippen LogP contribution in [0.15, 0.2) is 42.5 Å². The molecule has 0 fully saturated rings. The molecule has 0 aliphatic carbocycles. The maximum atomic E-state index is 4.46. The molecular formula is C18H21N3. The Bertz CT molecular complexity index is 766. The van der Waals surface area contributed by atoms with Crippen LogP contribution in [0.25, 0.3) is 10.8 Å². The van der Waals surface area contributed by atoms with Crippen molar-refractivity contribution in [2.75, 3.05) is 0 Å². The van der Waals surface area contributed by atoms with Crippen molar-refractivity contribution in [1.82, 2.24) is 15.1 Å². The van der Waals surface area contributed by atoms with Gasteiger partial charge in [0.15, 0.2) is 0 Å². The highest BCUT2D eigenvalue weighted by molar-refractivity contribution is 5.85. The predicted octanol–water partition coefficient (Wildman–Crippen LogP) is 3.48. The second-order valence-corrected chi connectivity index (χ2v) is 5.51. The molecule has 0 bridgehead atoms. The highest BCUT2D eigenvalue weighted by Gasteiger charge is 2.08. The van der Waals surface area contributed by atoms with Gasteiger partial charge in [0.25, 0.3) is 0 Å². The van der Waals surface area contributed by atoms with Gasteiger partial charge in [0, 0.05) is 31.4 Å². The summed E-state index contributed by atoms with van der Waals surface area (Å²) in [5.41, 5.74) is 4.99. The van der Waals surface area contributed by atoms with E-state index in [9.17, 15) is 0 Å². The maximum Gasteiger partial charge on any atom is 0.0641 e. The molecule has 0 spiro atoms. The highest BCUT2D eigenvalue weighted by Crippen LogP contribution is 2.18. The zero-order chi connectivity index (χ0) is 14.8. The highest BCUT2D eigenvalue weighted by atomic mass is 15.3. The Morgan fingerprint density at radius 2 is 1.76 bits per heavy atom. The molecule has 21 heavy (non-hydrogen) atoms. The van der Waals surface area contributed by atoms with Gasteiger partial charge >= 0.3 is 0 Å². The van der Waals surface area contributed by atoms with Crippen LogP contribution in [0, 0.1) is 13.8 Å². The molecule has 108 valence electrons. The summed E-state index contributed by atoms with van der Waals surface area (Å²) in [6.45, 7) is 5.92. The first-order chi connectivity index (χ1) is 10.2. The van der Waals surface area contributed by atoms with E-state index in [-0.39, 0.29) is 0 Å². The molecule has 0 saturated heterocycles. The van der Waals surface area contributed by atoms with Gasteiger partial charge in [-0.2, -0.15) is 5.10 Å². The van der Waals surface area contributed by atoms with Gasteiger partial charge in [-0.1, -0.05) is 42.5 Å². The van der Waals surface area contributed by atoms with Gasteiger partial charge < -0.3 is 5.32 Å². The molecule has 3 heteroatoms. The molecule has 0 unspecified atom stereocenters. The molecule has 0 atom stereocenters. The molecular weight excluding hydrogens is 258 g/mol. The van der Waals surface area contributed by atoms with Crippen molar-refractivity contribution in [3.05, 3.63) is 65.0 Å². The molecule has 0 aliphatic heterocycles. The lowest BCUT2D eigenvalue weighted by Crippen LogP contribution is -2.14. The smallest absolute Gasteiger partial charge is 0.0641 e. The Kier molecular flexibility index (Phi) is 3.76. The number of nitrogens with one attached hydrogen (secondary N) is 1. The zero-order valence-corrected chi connectivity index (χ0v) is 12.9. The monoisotopic (exact) mass is 279 g/mol. The lowest BCUT2D eigenvalue weighted by molar-refractivity contribution is 0.687. The Labute approximate surface area is 125 Å². The molecule has 0 saturated carbocycles. The molecule has 1 N–H and O–H groups in total. The van der Waals surface area contributed by atoms with Gasteiger partial charge in [-0.3, -0.25) is 4.68 Å². The quantitative estimate of drug-likeness (QED) is 0.792. The van der Waals surface area contributed by atoms with Gasteiger partial charge in [-0.25, -0.2) is 0 Å². The van der Waals surface area contributed by atoms with Crippen molar-refractivity contribution >= 4 is 10.8 Å². The molecule has 3 nitrogen and oxygen atoms in total. The summed E-state index contributed by atoms with van der Waals surface area (Å²) >= 11 is 0. The summed E-state index contributed by atoms with van der Waals surface area (Å²) in [5.74, 6) is 0. The lowest BCUT2D eigenvalue weighted by Gasteiger charge is -2.09. The summed E-state index contributed by atoms with van der Waals surface area (Å²) in [4.78, 5) is 0. The third-order valence-corrected chi connectivity index (χ3v) is 4.16. The third kappa shape index (κ3) is 2.69. The number of nitrogens with zero attached hydrogens (tertiary/aromatic N) is 2. The average molecular weight is 279 g/mol. The van der Waals surface area contributed by atoms with E-state index in [1.54, 1.807) is 0 Å². The van der Waals surface area contributed by atoms with Gasteiger partial charge in [0.1, 0.15) is 0 Å². The standard InChI is InChI=1S/C18H21N3/c1-13-18(14(2)21(3)20-13)12-19-11-16-9-6-8-15-7-4-5-10-17(15)16/h4-10,19H,11-12H2,1-3H3. The number of aryl methyl sites for hydroxylation is 2. The SMILES string of the molecule is Cc1nn(C)c(C)c1CNCc1cccc2ccccc12. The van der Waals surface area contributed by atoms with Gasteiger partial charge in [-0.15, -0.1) is 0 Å². The van der Waals surface area contributed by atoms with Crippen molar-refractivity contribution in [3.63, 3.8) is 0 Å². The van der Waals surface area contributed by atoms with E-state index >= 15 is 0 Å². The third-order valence-electron chi connectivity index (χ3n) is 4.16. The van der Waals surface area contributed by atoms with Crippen molar-refractivity contribution in [3.8, 4) is 0 Å². The summed E-state index contributed by atoms with van der Waals surface area (Å²) in [6, 6.07) is 15.0. The van der Waals surface area contributed by atoms with Crippen molar-refractivity contribution < 1.29 is 0 Å². The summed E-state index contributed by atoms with van der Waals surface area (Å²) < 4.78 is 1.95. The van der Waals surface area contributed by atoms with Crippen molar-refractivity contribution in [2.24, 2.45) is 7.05 Å². The minimum Gasteiger partial charge on any atom is -0.308 e. The first-order valence-corrected chi connectivity index (χ1v) is 7.33. The number of fused-ring (bicyclic) bond motifs is 1.